The third-order valence-electron chi connectivity index (χ3n) is 3.12. The summed E-state index contributed by atoms with van der Waals surface area (Å²) in [7, 11) is 1.31. The van der Waals surface area contributed by atoms with E-state index in [-0.39, 0.29) is 30.8 Å². The Morgan fingerprint density at radius 3 is 2.68 bits per heavy atom. The number of benzene rings is 1. The van der Waals surface area contributed by atoms with Gasteiger partial charge in [0.1, 0.15) is 5.01 Å². The second kappa shape index (κ2) is 7.70. The number of hydrogen-bond acceptors (Lipinski definition) is 5. The van der Waals surface area contributed by atoms with Crippen molar-refractivity contribution in [2.24, 2.45) is 0 Å². The Morgan fingerprint density at radius 1 is 1.27 bits per heavy atom. The van der Waals surface area contributed by atoms with Crippen molar-refractivity contribution in [1.29, 1.82) is 0 Å². The fourth-order valence-corrected chi connectivity index (χ4v) is 2.76. The van der Waals surface area contributed by atoms with E-state index in [0.717, 1.165) is 16.3 Å². The molecule has 1 amide bonds. The lowest BCUT2D eigenvalue weighted by Gasteiger charge is -2.10. The van der Waals surface area contributed by atoms with Gasteiger partial charge in [-0.25, -0.2) is 4.98 Å². The van der Waals surface area contributed by atoms with Crippen LogP contribution >= 0.6 is 11.3 Å². The maximum atomic E-state index is 11.8. The number of ether oxygens (including phenoxy) is 1. The van der Waals surface area contributed by atoms with Crippen LogP contribution in [0.5, 0.6) is 0 Å². The summed E-state index contributed by atoms with van der Waals surface area (Å²) in [6.07, 6.45) is 0.204. The number of carbonyl (C=O) groups excluding carboxylic acids is 2. The molecule has 0 aliphatic rings. The minimum atomic E-state index is -0.386. The summed E-state index contributed by atoms with van der Waals surface area (Å²) in [4.78, 5) is 27.4. The van der Waals surface area contributed by atoms with Crippen LogP contribution in [0.1, 0.15) is 30.8 Å². The van der Waals surface area contributed by atoms with Crippen LogP contribution in [0.4, 0.5) is 0 Å². The zero-order chi connectivity index (χ0) is 15.9. The molecule has 5 nitrogen and oxygen atoms in total. The molecule has 0 saturated carbocycles. The third-order valence-corrected chi connectivity index (χ3v) is 4.15. The van der Waals surface area contributed by atoms with E-state index in [0.29, 0.717) is 0 Å². The lowest BCUT2D eigenvalue weighted by atomic mass is 10.2. The van der Waals surface area contributed by atoms with Gasteiger partial charge in [0.2, 0.25) is 5.91 Å². The Balaban J connectivity index is 1.93. The minimum Gasteiger partial charge on any atom is -0.469 e. The zero-order valence-electron chi connectivity index (χ0n) is 12.5. The normalized spacial score (nSPS) is 11.7. The number of nitrogens with zero attached hydrogens (tertiary/aromatic N) is 1. The third kappa shape index (κ3) is 4.39. The standard InChI is InChI=1S/C16H18N2O3S/c1-11(17-14(19)8-9-15(20)21-2)16-18-13(10-22-16)12-6-4-3-5-7-12/h3-7,10-11H,8-9H2,1-2H3,(H,17,19). The fourth-order valence-electron chi connectivity index (χ4n) is 1.92. The van der Waals surface area contributed by atoms with Crippen molar-refractivity contribution in [2.75, 3.05) is 7.11 Å². The van der Waals surface area contributed by atoms with E-state index in [1.54, 1.807) is 0 Å². The lowest BCUT2D eigenvalue weighted by molar-refractivity contribution is -0.142. The molecule has 2 aromatic rings. The van der Waals surface area contributed by atoms with E-state index in [9.17, 15) is 9.59 Å². The Bertz CT molecular complexity index is 640. The Morgan fingerprint density at radius 2 is 2.00 bits per heavy atom. The van der Waals surface area contributed by atoms with Crippen LogP contribution in [0, 0.1) is 0 Å². The monoisotopic (exact) mass is 318 g/mol. The molecule has 0 saturated heterocycles. The van der Waals surface area contributed by atoms with Crippen LogP contribution < -0.4 is 5.32 Å². The Hall–Kier alpha value is -2.21. The highest BCUT2D eigenvalue weighted by Crippen LogP contribution is 2.25. The molecular formula is C16H18N2O3S. The highest BCUT2D eigenvalue weighted by atomic mass is 32.1. The van der Waals surface area contributed by atoms with E-state index in [4.69, 9.17) is 0 Å². The quantitative estimate of drug-likeness (QED) is 0.832. The number of rotatable bonds is 6. The molecule has 22 heavy (non-hydrogen) atoms. The van der Waals surface area contributed by atoms with Crippen molar-refractivity contribution in [2.45, 2.75) is 25.8 Å². The van der Waals surface area contributed by atoms with Gasteiger partial charge < -0.3 is 10.1 Å². The van der Waals surface area contributed by atoms with Crippen molar-refractivity contribution in [3.8, 4) is 11.3 Å². The van der Waals surface area contributed by atoms with Gasteiger partial charge in [0, 0.05) is 17.4 Å². The molecule has 0 aliphatic heterocycles. The van der Waals surface area contributed by atoms with E-state index in [1.165, 1.54) is 18.4 Å². The van der Waals surface area contributed by atoms with E-state index in [1.807, 2.05) is 42.6 Å². The molecule has 0 fully saturated rings. The van der Waals surface area contributed by atoms with Gasteiger partial charge in [-0.3, -0.25) is 9.59 Å². The summed E-state index contributed by atoms with van der Waals surface area (Å²) < 4.78 is 4.51. The zero-order valence-corrected chi connectivity index (χ0v) is 13.4. The van der Waals surface area contributed by atoms with Crippen molar-refractivity contribution < 1.29 is 14.3 Å². The molecule has 0 bridgehead atoms. The lowest BCUT2D eigenvalue weighted by Crippen LogP contribution is -2.27. The first kappa shape index (κ1) is 16.2. The first-order valence-electron chi connectivity index (χ1n) is 6.97. The summed E-state index contributed by atoms with van der Waals surface area (Å²) >= 11 is 1.51. The van der Waals surface area contributed by atoms with Gasteiger partial charge >= 0.3 is 5.97 Å². The summed E-state index contributed by atoms with van der Waals surface area (Å²) in [5.41, 5.74) is 1.95. The van der Waals surface area contributed by atoms with Gasteiger partial charge in [0.25, 0.3) is 0 Å². The van der Waals surface area contributed by atoms with E-state index < -0.39 is 0 Å². The molecule has 1 unspecified atom stereocenters. The van der Waals surface area contributed by atoms with Gasteiger partial charge in [0.15, 0.2) is 0 Å². The smallest absolute Gasteiger partial charge is 0.306 e. The predicted octanol–water partition coefficient (Wildman–Crippen LogP) is 2.94. The predicted molar refractivity (Wildman–Crippen MR) is 85.4 cm³/mol. The maximum absolute atomic E-state index is 11.8. The molecule has 1 aromatic carbocycles. The maximum Gasteiger partial charge on any atom is 0.306 e. The average molecular weight is 318 g/mol. The summed E-state index contributed by atoms with van der Waals surface area (Å²) in [5.74, 6) is -0.572. The van der Waals surface area contributed by atoms with Gasteiger partial charge in [-0.15, -0.1) is 11.3 Å². The number of amides is 1. The van der Waals surface area contributed by atoms with Crippen molar-refractivity contribution in [3.05, 3.63) is 40.7 Å². The molecule has 1 N–H and O–H groups in total. The Labute approximate surface area is 133 Å². The molecule has 6 heteroatoms. The van der Waals surface area contributed by atoms with E-state index in [2.05, 4.69) is 15.0 Å². The largest absolute Gasteiger partial charge is 0.469 e. The van der Waals surface area contributed by atoms with Crippen molar-refractivity contribution in [3.63, 3.8) is 0 Å². The minimum absolute atomic E-state index is 0.0855. The first-order valence-corrected chi connectivity index (χ1v) is 7.85. The van der Waals surface area contributed by atoms with Gasteiger partial charge in [0.05, 0.1) is 25.3 Å². The van der Waals surface area contributed by atoms with Crippen LogP contribution in [0.3, 0.4) is 0 Å². The number of thiazole rings is 1. The molecule has 0 spiro atoms. The number of hydrogen-bond donors (Lipinski definition) is 1. The van der Waals surface area contributed by atoms with Crippen LogP contribution in [0.25, 0.3) is 11.3 Å². The van der Waals surface area contributed by atoms with Crippen LogP contribution in [0.15, 0.2) is 35.7 Å². The molecular weight excluding hydrogens is 300 g/mol. The SMILES string of the molecule is COC(=O)CCC(=O)NC(C)c1nc(-c2ccccc2)cs1. The van der Waals surface area contributed by atoms with Crippen molar-refractivity contribution >= 4 is 23.2 Å². The number of aromatic nitrogens is 1. The number of nitrogens with one attached hydrogen (secondary N) is 1. The van der Waals surface area contributed by atoms with Crippen LogP contribution in [-0.4, -0.2) is 24.0 Å². The topological polar surface area (TPSA) is 68.3 Å². The number of methoxy groups -OCH3 is 1. The van der Waals surface area contributed by atoms with Gasteiger partial charge in [-0.1, -0.05) is 30.3 Å². The average Bonchev–Trinajstić information content (AvgIpc) is 3.03. The summed E-state index contributed by atoms with van der Waals surface area (Å²) in [6, 6.07) is 9.70. The van der Waals surface area contributed by atoms with Gasteiger partial charge in [-0.2, -0.15) is 0 Å². The van der Waals surface area contributed by atoms with Crippen LogP contribution in [-0.2, 0) is 14.3 Å². The molecule has 0 radical (unpaired) electrons. The summed E-state index contributed by atoms with van der Waals surface area (Å²) in [6.45, 7) is 1.88. The molecule has 116 valence electrons. The summed E-state index contributed by atoms with van der Waals surface area (Å²) in [5, 5.41) is 5.65. The number of esters is 1. The molecule has 1 heterocycles. The van der Waals surface area contributed by atoms with Gasteiger partial charge in [-0.05, 0) is 6.92 Å². The highest BCUT2D eigenvalue weighted by Gasteiger charge is 2.15. The fraction of sp³-hybridized carbons (Fsp3) is 0.312. The molecule has 1 aromatic heterocycles. The van der Waals surface area contributed by atoms with Crippen molar-refractivity contribution in [1.82, 2.24) is 10.3 Å². The second-order valence-corrected chi connectivity index (χ2v) is 5.69. The van der Waals surface area contributed by atoms with E-state index >= 15 is 0 Å². The van der Waals surface area contributed by atoms with Crippen LogP contribution in [0.2, 0.25) is 0 Å². The Kier molecular flexibility index (Phi) is 5.66. The number of carbonyl (C=O) groups is 2. The molecule has 0 aliphatic carbocycles. The molecule has 2 rings (SSSR count). The molecule has 1 atom stereocenters. The first-order chi connectivity index (χ1) is 10.6. The second-order valence-electron chi connectivity index (χ2n) is 4.80. The highest BCUT2D eigenvalue weighted by molar-refractivity contribution is 7.10.